The van der Waals surface area contributed by atoms with E-state index in [1.165, 1.54) is 12.5 Å². The second-order valence-corrected chi connectivity index (χ2v) is 9.40. The molecule has 0 saturated carbocycles. The molecular formula is C29H38N4O4. The zero-order valence-corrected chi connectivity index (χ0v) is 22.2. The van der Waals surface area contributed by atoms with E-state index < -0.39 is 0 Å². The van der Waals surface area contributed by atoms with Crippen LogP contribution in [0.2, 0.25) is 0 Å². The molecule has 1 atom stereocenters. The van der Waals surface area contributed by atoms with Crippen molar-refractivity contribution in [2.75, 3.05) is 45.0 Å². The van der Waals surface area contributed by atoms with Crippen LogP contribution in [0.5, 0.6) is 5.75 Å². The van der Waals surface area contributed by atoms with Gasteiger partial charge in [0, 0.05) is 49.0 Å². The van der Waals surface area contributed by atoms with E-state index in [-0.39, 0.29) is 18.8 Å². The van der Waals surface area contributed by atoms with Gasteiger partial charge in [0.15, 0.2) is 12.6 Å². The van der Waals surface area contributed by atoms with Crippen LogP contribution in [-0.2, 0) is 20.7 Å². The zero-order valence-electron chi connectivity index (χ0n) is 22.2. The van der Waals surface area contributed by atoms with E-state index >= 15 is 0 Å². The van der Waals surface area contributed by atoms with Crippen molar-refractivity contribution in [3.05, 3.63) is 48.0 Å². The number of likely N-dealkylation sites (tertiary alicyclic amines) is 1. The Morgan fingerprint density at radius 1 is 1.14 bits per heavy atom. The third kappa shape index (κ3) is 7.17. The average Bonchev–Trinajstić information content (AvgIpc) is 2.90. The highest BCUT2D eigenvalue weighted by Crippen LogP contribution is 2.36. The first-order valence-electron chi connectivity index (χ1n) is 13.3. The normalized spacial score (nSPS) is 16.0. The lowest BCUT2D eigenvalue weighted by Gasteiger charge is -2.33. The molecule has 1 aliphatic rings. The van der Waals surface area contributed by atoms with Crippen molar-refractivity contribution in [2.45, 2.75) is 52.5 Å². The topological polar surface area (TPSA) is 85.8 Å². The standard InChI is InChI=1S/C29H38N4O4/c1-4-9-22-13-14-26(27(18-22)37-20-35-5-2)28-24-11-6-7-12-25(24)29(32-31-28)30-23-10-8-15-33(19-23)16-17-36-21(3)34/h6-7,11-14,18,23H,4-5,8-10,15-17,19-20H2,1-3H3,(H,30,32)/t23-/m1/s1. The predicted molar refractivity (Wildman–Crippen MR) is 146 cm³/mol. The van der Waals surface area contributed by atoms with Crippen molar-refractivity contribution in [1.29, 1.82) is 0 Å². The molecule has 4 rings (SSSR count). The highest BCUT2D eigenvalue weighted by atomic mass is 16.7. The largest absolute Gasteiger partial charge is 0.467 e. The van der Waals surface area contributed by atoms with Gasteiger partial charge in [-0.2, -0.15) is 0 Å². The molecule has 0 bridgehead atoms. The molecule has 8 nitrogen and oxygen atoms in total. The number of carbonyl (C=O) groups is 1. The monoisotopic (exact) mass is 506 g/mol. The first-order chi connectivity index (χ1) is 18.1. The molecule has 2 heterocycles. The molecule has 2 aromatic carbocycles. The molecule has 3 aromatic rings. The third-order valence-corrected chi connectivity index (χ3v) is 6.59. The van der Waals surface area contributed by atoms with Crippen molar-refractivity contribution in [1.82, 2.24) is 15.1 Å². The highest BCUT2D eigenvalue weighted by molar-refractivity contribution is 6.01. The van der Waals surface area contributed by atoms with Crippen LogP contribution in [0.15, 0.2) is 42.5 Å². The fourth-order valence-corrected chi connectivity index (χ4v) is 4.81. The van der Waals surface area contributed by atoms with Crippen molar-refractivity contribution in [2.24, 2.45) is 0 Å². The van der Waals surface area contributed by atoms with Gasteiger partial charge >= 0.3 is 5.97 Å². The molecule has 1 aliphatic heterocycles. The minimum absolute atomic E-state index is 0.194. The van der Waals surface area contributed by atoms with Gasteiger partial charge in [-0.05, 0) is 50.4 Å². The highest BCUT2D eigenvalue weighted by Gasteiger charge is 2.22. The molecule has 0 radical (unpaired) electrons. The summed E-state index contributed by atoms with van der Waals surface area (Å²) in [4.78, 5) is 13.4. The Kier molecular flexibility index (Phi) is 9.68. The fraction of sp³-hybridized carbons (Fsp3) is 0.483. The first-order valence-corrected chi connectivity index (χ1v) is 13.3. The molecule has 198 valence electrons. The van der Waals surface area contributed by atoms with Crippen molar-refractivity contribution in [3.8, 4) is 17.0 Å². The number of nitrogens with zero attached hydrogens (tertiary/aromatic N) is 3. The first kappa shape index (κ1) is 26.8. The third-order valence-electron chi connectivity index (χ3n) is 6.59. The Morgan fingerprint density at radius 3 is 2.76 bits per heavy atom. The van der Waals surface area contributed by atoms with Crippen LogP contribution in [-0.4, -0.2) is 66.7 Å². The number of anilines is 1. The van der Waals surface area contributed by atoms with E-state index in [4.69, 9.17) is 19.3 Å². The number of carbonyl (C=O) groups excluding carboxylic acids is 1. The summed E-state index contributed by atoms with van der Waals surface area (Å²) in [5.74, 6) is 1.31. The van der Waals surface area contributed by atoms with Crippen LogP contribution in [0, 0.1) is 0 Å². The van der Waals surface area contributed by atoms with Crippen LogP contribution in [0.4, 0.5) is 5.82 Å². The van der Waals surface area contributed by atoms with Crippen LogP contribution < -0.4 is 10.1 Å². The summed E-state index contributed by atoms with van der Waals surface area (Å²) < 4.78 is 16.6. The molecule has 1 aromatic heterocycles. The molecule has 1 N–H and O–H groups in total. The number of ether oxygens (including phenoxy) is 3. The second-order valence-electron chi connectivity index (χ2n) is 9.40. The van der Waals surface area contributed by atoms with Gasteiger partial charge in [-0.25, -0.2) is 0 Å². The van der Waals surface area contributed by atoms with Crippen LogP contribution >= 0.6 is 0 Å². The van der Waals surface area contributed by atoms with Crippen LogP contribution in [0.25, 0.3) is 22.0 Å². The van der Waals surface area contributed by atoms with Gasteiger partial charge in [0.25, 0.3) is 0 Å². The van der Waals surface area contributed by atoms with Crippen molar-refractivity contribution in [3.63, 3.8) is 0 Å². The number of esters is 1. The maximum absolute atomic E-state index is 11.1. The Hall–Kier alpha value is -3.23. The van der Waals surface area contributed by atoms with Crippen LogP contribution in [0.3, 0.4) is 0 Å². The second kappa shape index (κ2) is 13.4. The molecule has 1 fully saturated rings. The molecule has 1 saturated heterocycles. The van der Waals surface area contributed by atoms with Gasteiger partial charge in [0.05, 0.1) is 0 Å². The molecule has 0 amide bonds. The maximum atomic E-state index is 11.1. The minimum Gasteiger partial charge on any atom is -0.467 e. The number of piperidine rings is 1. The number of hydrogen-bond acceptors (Lipinski definition) is 8. The summed E-state index contributed by atoms with van der Waals surface area (Å²) in [6.07, 6.45) is 4.18. The number of hydrogen-bond donors (Lipinski definition) is 1. The summed E-state index contributed by atoms with van der Waals surface area (Å²) in [6, 6.07) is 14.8. The molecule has 0 aliphatic carbocycles. The summed E-state index contributed by atoms with van der Waals surface area (Å²) in [5.41, 5.74) is 2.93. The lowest BCUT2D eigenvalue weighted by molar-refractivity contribution is -0.141. The van der Waals surface area contributed by atoms with Crippen molar-refractivity contribution >= 4 is 22.6 Å². The van der Waals surface area contributed by atoms with E-state index in [2.05, 4.69) is 52.6 Å². The van der Waals surface area contributed by atoms with E-state index in [0.29, 0.717) is 13.2 Å². The number of benzene rings is 2. The number of fused-ring (bicyclic) bond motifs is 1. The van der Waals surface area contributed by atoms with E-state index in [9.17, 15) is 4.79 Å². The maximum Gasteiger partial charge on any atom is 0.302 e. The Bertz CT molecular complexity index is 1190. The number of aryl methyl sites for hydroxylation is 1. The number of aromatic nitrogens is 2. The van der Waals surface area contributed by atoms with E-state index in [1.807, 2.05) is 19.1 Å². The summed E-state index contributed by atoms with van der Waals surface area (Å²) in [6.45, 7) is 9.39. The van der Waals surface area contributed by atoms with Gasteiger partial charge in [0.2, 0.25) is 0 Å². The predicted octanol–water partition coefficient (Wildman–Crippen LogP) is 5.06. The van der Waals surface area contributed by atoms with Gasteiger partial charge in [0.1, 0.15) is 18.1 Å². The minimum atomic E-state index is -0.236. The molecule has 0 unspecified atom stereocenters. The molecule has 0 spiro atoms. The number of nitrogens with one attached hydrogen (secondary N) is 1. The lowest BCUT2D eigenvalue weighted by Crippen LogP contribution is -2.43. The Balaban J connectivity index is 1.58. The van der Waals surface area contributed by atoms with Gasteiger partial charge in [-0.1, -0.05) is 43.7 Å². The fourth-order valence-electron chi connectivity index (χ4n) is 4.81. The van der Waals surface area contributed by atoms with E-state index in [0.717, 1.165) is 78.9 Å². The lowest BCUT2D eigenvalue weighted by atomic mass is 10.0. The molecule has 37 heavy (non-hydrogen) atoms. The van der Waals surface area contributed by atoms with Gasteiger partial charge in [-0.3, -0.25) is 9.69 Å². The Labute approximate surface area is 219 Å². The van der Waals surface area contributed by atoms with Gasteiger partial charge in [-0.15, -0.1) is 10.2 Å². The smallest absolute Gasteiger partial charge is 0.302 e. The summed E-state index contributed by atoms with van der Waals surface area (Å²) >= 11 is 0. The number of rotatable bonds is 12. The zero-order chi connectivity index (χ0) is 26.0. The van der Waals surface area contributed by atoms with Crippen molar-refractivity contribution < 1.29 is 19.0 Å². The Morgan fingerprint density at radius 2 is 1.97 bits per heavy atom. The summed E-state index contributed by atoms with van der Waals surface area (Å²) in [7, 11) is 0. The van der Waals surface area contributed by atoms with Gasteiger partial charge < -0.3 is 19.5 Å². The quantitative estimate of drug-likeness (QED) is 0.207. The van der Waals surface area contributed by atoms with E-state index in [1.54, 1.807) is 0 Å². The summed E-state index contributed by atoms with van der Waals surface area (Å²) in [5, 5.41) is 15.0. The average molecular weight is 507 g/mol. The SMILES string of the molecule is CCCc1ccc(-c2nnc(N[C@@H]3CCCN(CCOC(C)=O)C3)c3ccccc23)c(OCOCC)c1. The van der Waals surface area contributed by atoms with Crippen LogP contribution in [0.1, 0.15) is 45.6 Å². The molecule has 8 heteroatoms. The molecular weight excluding hydrogens is 468 g/mol.